The minimum Gasteiger partial charge on any atom is -0.392 e. The molecule has 1 aliphatic heterocycles. The van der Waals surface area contributed by atoms with Crippen LogP contribution in [-0.2, 0) is 20.9 Å². The van der Waals surface area contributed by atoms with Gasteiger partial charge in [-0.2, -0.15) is 0 Å². The van der Waals surface area contributed by atoms with Crippen LogP contribution in [-0.4, -0.2) is 46.8 Å². The van der Waals surface area contributed by atoms with Gasteiger partial charge in [-0.05, 0) is 42.8 Å². The summed E-state index contributed by atoms with van der Waals surface area (Å²) in [5, 5.41) is 23.3. The van der Waals surface area contributed by atoms with Crippen molar-refractivity contribution in [2.45, 2.75) is 58.0 Å². The van der Waals surface area contributed by atoms with E-state index in [9.17, 15) is 15.0 Å². The average Bonchev–Trinajstić information content (AvgIpc) is 2.93. The zero-order valence-corrected chi connectivity index (χ0v) is 22.5. The van der Waals surface area contributed by atoms with E-state index in [-0.39, 0.29) is 36.7 Å². The molecule has 0 aromatic heterocycles. The number of carbonyl (C=O) groups excluding carboxylic acids is 1. The number of ether oxygens (including phenoxy) is 2. The van der Waals surface area contributed by atoms with Crippen LogP contribution in [0.15, 0.2) is 78.9 Å². The standard InChI is InChI=1S/C31H38N2O5/c1-20-28(18-33(4)21(2)29(36)24-9-6-5-7-10-24)37-31(26-11-8-12-27(17-26)32-22(3)35)38-30(20)25-15-13-23(19-34)14-16-25/h5-17,20-21,28-31,34,36H,18-19H2,1-4H3,(H,32,35)/t20-,21+,28+,29+,30+,31+/m1/s1. The number of hydrogen-bond acceptors (Lipinski definition) is 6. The molecule has 0 unspecified atom stereocenters. The second-order valence-corrected chi connectivity index (χ2v) is 10.2. The van der Waals surface area contributed by atoms with E-state index in [1.807, 2.05) is 92.8 Å². The number of aliphatic hydroxyl groups excluding tert-OH is 2. The Kier molecular flexibility index (Phi) is 9.31. The Morgan fingerprint density at radius 1 is 1.00 bits per heavy atom. The van der Waals surface area contributed by atoms with E-state index in [1.165, 1.54) is 6.92 Å². The summed E-state index contributed by atoms with van der Waals surface area (Å²) in [6.07, 6.45) is -1.73. The van der Waals surface area contributed by atoms with E-state index in [2.05, 4.69) is 17.1 Å². The maximum atomic E-state index is 11.6. The number of hydrogen-bond donors (Lipinski definition) is 3. The van der Waals surface area contributed by atoms with E-state index in [0.29, 0.717) is 12.2 Å². The molecule has 202 valence electrons. The minimum atomic E-state index is -0.643. The van der Waals surface area contributed by atoms with E-state index >= 15 is 0 Å². The van der Waals surface area contributed by atoms with Crippen molar-refractivity contribution in [1.29, 1.82) is 0 Å². The second kappa shape index (κ2) is 12.7. The summed E-state index contributed by atoms with van der Waals surface area (Å²) in [4.78, 5) is 13.7. The lowest BCUT2D eigenvalue weighted by atomic mass is 9.89. The molecule has 1 aliphatic rings. The van der Waals surface area contributed by atoms with Gasteiger partial charge >= 0.3 is 0 Å². The maximum Gasteiger partial charge on any atom is 0.221 e. The topological polar surface area (TPSA) is 91.3 Å². The lowest BCUT2D eigenvalue weighted by Crippen LogP contribution is -2.46. The van der Waals surface area contributed by atoms with Crippen LogP contribution >= 0.6 is 0 Å². The zero-order chi connectivity index (χ0) is 27.2. The molecule has 1 fully saturated rings. The first-order chi connectivity index (χ1) is 18.3. The maximum absolute atomic E-state index is 11.6. The zero-order valence-electron chi connectivity index (χ0n) is 22.5. The monoisotopic (exact) mass is 518 g/mol. The van der Waals surface area contributed by atoms with Gasteiger partial charge in [-0.3, -0.25) is 9.69 Å². The number of likely N-dealkylation sites (N-methyl/N-ethyl adjacent to an activating group) is 1. The predicted octanol–water partition coefficient (Wildman–Crippen LogP) is 4.98. The highest BCUT2D eigenvalue weighted by atomic mass is 16.7. The highest BCUT2D eigenvalue weighted by Crippen LogP contribution is 2.42. The van der Waals surface area contributed by atoms with Gasteiger partial charge in [0.25, 0.3) is 0 Å². The van der Waals surface area contributed by atoms with Crippen molar-refractivity contribution in [2.75, 3.05) is 18.9 Å². The molecule has 7 nitrogen and oxygen atoms in total. The van der Waals surface area contributed by atoms with E-state index in [0.717, 1.165) is 22.3 Å². The fraction of sp³-hybridized carbons (Fsp3) is 0.387. The molecular weight excluding hydrogens is 480 g/mol. The Balaban J connectivity index is 1.59. The fourth-order valence-electron chi connectivity index (χ4n) is 4.91. The van der Waals surface area contributed by atoms with Crippen molar-refractivity contribution in [3.8, 4) is 0 Å². The Hall–Kier alpha value is -3.07. The van der Waals surface area contributed by atoms with Gasteiger partial charge in [0.05, 0.1) is 24.9 Å². The smallest absolute Gasteiger partial charge is 0.221 e. The van der Waals surface area contributed by atoms with Crippen molar-refractivity contribution in [3.63, 3.8) is 0 Å². The van der Waals surface area contributed by atoms with Crippen LogP contribution in [0.5, 0.6) is 0 Å². The summed E-state index contributed by atoms with van der Waals surface area (Å²) in [7, 11) is 2.00. The first kappa shape index (κ1) is 28.0. The molecule has 6 atom stereocenters. The van der Waals surface area contributed by atoms with Crippen LogP contribution in [0.4, 0.5) is 5.69 Å². The summed E-state index contributed by atoms with van der Waals surface area (Å²) < 4.78 is 13.1. The molecule has 1 amide bonds. The molecule has 1 saturated heterocycles. The van der Waals surface area contributed by atoms with Gasteiger partial charge < -0.3 is 25.0 Å². The van der Waals surface area contributed by atoms with Crippen LogP contribution in [0.25, 0.3) is 0 Å². The van der Waals surface area contributed by atoms with E-state index in [4.69, 9.17) is 9.47 Å². The molecule has 0 saturated carbocycles. The van der Waals surface area contributed by atoms with Gasteiger partial charge in [0.2, 0.25) is 5.91 Å². The Bertz CT molecular complexity index is 1190. The normalized spacial score (nSPS) is 23.1. The largest absolute Gasteiger partial charge is 0.392 e. The number of rotatable bonds is 9. The van der Waals surface area contributed by atoms with Crippen LogP contribution in [0, 0.1) is 5.92 Å². The fourth-order valence-corrected chi connectivity index (χ4v) is 4.91. The van der Waals surface area contributed by atoms with Crippen LogP contribution in [0.3, 0.4) is 0 Å². The summed E-state index contributed by atoms with van der Waals surface area (Å²) in [6.45, 7) is 6.18. The average molecular weight is 519 g/mol. The van der Waals surface area contributed by atoms with Crippen LogP contribution in [0.2, 0.25) is 0 Å². The Morgan fingerprint density at radius 2 is 1.71 bits per heavy atom. The van der Waals surface area contributed by atoms with Crippen molar-refractivity contribution in [1.82, 2.24) is 4.90 Å². The lowest BCUT2D eigenvalue weighted by Gasteiger charge is -2.43. The van der Waals surface area contributed by atoms with Gasteiger partial charge in [0.15, 0.2) is 6.29 Å². The number of nitrogens with zero attached hydrogens (tertiary/aromatic N) is 1. The van der Waals surface area contributed by atoms with Crippen molar-refractivity contribution >= 4 is 11.6 Å². The van der Waals surface area contributed by atoms with Crippen LogP contribution < -0.4 is 5.32 Å². The third-order valence-electron chi connectivity index (χ3n) is 7.36. The quantitative estimate of drug-likeness (QED) is 0.370. The molecule has 0 spiro atoms. The Labute approximate surface area is 225 Å². The first-order valence-electron chi connectivity index (χ1n) is 13.1. The van der Waals surface area contributed by atoms with Gasteiger partial charge in [-0.25, -0.2) is 0 Å². The molecule has 1 heterocycles. The van der Waals surface area contributed by atoms with Crippen molar-refractivity contribution < 1.29 is 24.5 Å². The van der Waals surface area contributed by atoms with Gasteiger partial charge in [0.1, 0.15) is 0 Å². The van der Waals surface area contributed by atoms with Gasteiger partial charge in [0, 0.05) is 36.7 Å². The summed E-state index contributed by atoms with van der Waals surface area (Å²) in [5.74, 6) is -0.137. The molecule has 3 aromatic carbocycles. The molecule has 0 radical (unpaired) electrons. The van der Waals surface area contributed by atoms with E-state index < -0.39 is 12.4 Å². The molecule has 0 aliphatic carbocycles. The molecule has 7 heteroatoms. The van der Waals surface area contributed by atoms with Gasteiger partial charge in [-0.1, -0.05) is 73.7 Å². The molecule has 38 heavy (non-hydrogen) atoms. The number of nitrogens with one attached hydrogen (secondary N) is 1. The molecule has 3 aromatic rings. The number of aliphatic hydroxyl groups is 2. The Morgan fingerprint density at radius 3 is 2.37 bits per heavy atom. The third-order valence-corrected chi connectivity index (χ3v) is 7.36. The summed E-state index contributed by atoms with van der Waals surface area (Å²) >= 11 is 0. The molecule has 4 rings (SSSR count). The molecular formula is C31H38N2O5. The molecule has 3 N–H and O–H groups in total. The summed E-state index contributed by atoms with van der Waals surface area (Å²) in [6, 6.07) is 24.8. The van der Waals surface area contributed by atoms with Gasteiger partial charge in [-0.15, -0.1) is 0 Å². The third kappa shape index (κ3) is 6.67. The number of carbonyl (C=O) groups is 1. The number of amides is 1. The first-order valence-corrected chi connectivity index (χ1v) is 13.1. The highest BCUT2D eigenvalue weighted by Gasteiger charge is 2.39. The molecule has 0 bridgehead atoms. The number of benzene rings is 3. The van der Waals surface area contributed by atoms with Crippen molar-refractivity contribution in [2.24, 2.45) is 5.92 Å². The van der Waals surface area contributed by atoms with Crippen LogP contribution in [0.1, 0.15) is 61.5 Å². The number of anilines is 1. The minimum absolute atomic E-state index is 0.00766. The van der Waals surface area contributed by atoms with Crippen molar-refractivity contribution in [3.05, 3.63) is 101 Å². The second-order valence-electron chi connectivity index (χ2n) is 10.2. The highest BCUT2D eigenvalue weighted by molar-refractivity contribution is 5.88. The van der Waals surface area contributed by atoms with E-state index in [1.54, 1.807) is 0 Å². The summed E-state index contributed by atoms with van der Waals surface area (Å²) in [5.41, 5.74) is 4.21. The predicted molar refractivity (Wildman–Crippen MR) is 147 cm³/mol. The SMILES string of the molecule is CC(=O)Nc1cccc([C@H]2O[C@@H](CN(C)[C@@H](C)[C@H](O)c3ccccc3)[C@@H](C)[C@@H](c3ccc(CO)cc3)O2)c1. The lowest BCUT2D eigenvalue weighted by molar-refractivity contribution is -0.276.